The van der Waals surface area contributed by atoms with Crippen molar-refractivity contribution in [1.29, 1.82) is 0 Å². The van der Waals surface area contributed by atoms with Gasteiger partial charge in [-0.3, -0.25) is 0 Å². The Bertz CT molecular complexity index is 551. The molecule has 0 aliphatic rings. The number of benzene rings is 1. The lowest BCUT2D eigenvalue weighted by atomic mass is 10.0. The molecular formula is C19H27NS. The van der Waals surface area contributed by atoms with Gasteiger partial charge in [-0.2, -0.15) is 0 Å². The third-order valence-electron chi connectivity index (χ3n) is 3.89. The van der Waals surface area contributed by atoms with Gasteiger partial charge in [0.25, 0.3) is 0 Å². The van der Waals surface area contributed by atoms with Crippen molar-refractivity contribution in [3.63, 3.8) is 0 Å². The Morgan fingerprint density at radius 3 is 2.14 bits per heavy atom. The third-order valence-corrected chi connectivity index (χ3v) is 5.10. The van der Waals surface area contributed by atoms with Gasteiger partial charge in [-0.1, -0.05) is 58.9 Å². The van der Waals surface area contributed by atoms with Crippen molar-refractivity contribution in [3.8, 4) is 10.4 Å². The van der Waals surface area contributed by atoms with Crippen LogP contribution in [0.3, 0.4) is 0 Å². The van der Waals surface area contributed by atoms with Crippen LogP contribution in [-0.4, -0.2) is 6.54 Å². The zero-order valence-electron chi connectivity index (χ0n) is 13.8. The van der Waals surface area contributed by atoms with Crippen molar-refractivity contribution in [3.05, 3.63) is 46.8 Å². The van der Waals surface area contributed by atoms with Gasteiger partial charge in [0, 0.05) is 15.8 Å². The second-order valence-electron chi connectivity index (χ2n) is 6.26. The molecule has 2 rings (SSSR count). The fraction of sp³-hybridized carbons (Fsp3) is 0.474. The van der Waals surface area contributed by atoms with E-state index in [2.05, 4.69) is 76.3 Å². The predicted octanol–water partition coefficient (Wildman–Crippen LogP) is 5.85. The average Bonchev–Trinajstić information content (AvgIpc) is 2.94. The summed E-state index contributed by atoms with van der Waals surface area (Å²) in [4.78, 5) is 2.80. The molecule has 0 saturated heterocycles. The van der Waals surface area contributed by atoms with E-state index in [1.165, 1.54) is 20.9 Å². The van der Waals surface area contributed by atoms with Crippen LogP contribution in [0.15, 0.2) is 36.4 Å². The first-order valence-electron chi connectivity index (χ1n) is 7.96. The van der Waals surface area contributed by atoms with Gasteiger partial charge in [0.05, 0.1) is 0 Å². The van der Waals surface area contributed by atoms with Gasteiger partial charge >= 0.3 is 0 Å². The van der Waals surface area contributed by atoms with Crippen LogP contribution in [0.5, 0.6) is 0 Å². The minimum atomic E-state index is 0.462. The number of hydrogen-bond acceptors (Lipinski definition) is 2. The fourth-order valence-electron chi connectivity index (χ4n) is 2.59. The minimum absolute atomic E-state index is 0.462. The highest BCUT2D eigenvalue weighted by Crippen LogP contribution is 2.34. The SMILES string of the molecule is CCNC(c1ccc(-c2ccc(C(C)C)cc2)s1)C(C)C. The first-order valence-corrected chi connectivity index (χ1v) is 8.78. The predicted molar refractivity (Wildman–Crippen MR) is 95.1 cm³/mol. The van der Waals surface area contributed by atoms with Crippen LogP contribution in [0.1, 0.15) is 57.0 Å². The van der Waals surface area contributed by atoms with Crippen LogP contribution in [0.4, 0.5) is 0 Å². The Morgan fingerprint density at radius 2 is 1.62 bits per heavy atom. The Kier molecular flexibility index (Phi) is 5.60. The van der Waals surface area contributed by atoms with E-state index in [-0.39, 0.29) is 0 Å². The molecule has 114 valence electrons. The van der Waals surface area contributed by atoms with E-state index in [1.807, 2.05) is 11.3 Å². The maximum absolute atomic E-state index is 3.60. The van der Waals surface area contributed by atoms with Gasteiger partial charge in [0.1, 0.15) is 0 Å². The summed E-state index contributed by atoms with van der Waals surface area (Å²) in [5.41, 5.74) is 2.73. The first-order chi connectivity index (χ1) is 10.0. The summed E-state index contributed by atoms with van der Waals surface area (Å²) >= 11 is 1.91. The number of rotatable bonds is 6. The maximum Gasteiger partial charge on any atom is 0.0438 e. The minimum Gasteiger partial charge on any atom is -0.309 e. The van der Waals surface area contributed by atoms with Crippen molar-refractivity contribution in [2.24, 2.45) is 5.92 Å². The molecule has 0 amide bonds. The van der Waals surface area contributed by atoms with Crippen molar-refractivity contribution in [2.45, 2.75) is 46.6 Å². The number of hydrogen-bond donors (Lipinski definition) is 1. The molecule has 0 bridgehead atoms. The summed E-state index contributed by atoms with van der Waals surface area (Å²) in [6, 6.07) is 14.0. The van der Waals surface area contributed by atoms with Crippen molar-refractivity contribution < 1.29 is 0 Å². The topological polar surface area (TPSA) is 12.0 Å². The maximum atomic E-state index is 3.60. The molecule has 1 atom stereocenters. The van der Waals surface area contributed by atoms with Crippen LogP contribution >= 0.6 is 11.3 Å². The van der Waals surface area contributed by atoms with Gasteiger partial charge in [-0.15, -0.1) is 11.3 Å². The standard InChI is InChI=1S/C19H27NS/c1-6-20-19(14(4)5)18-12-11-17(21-18)16-9-7-15(8-10-16)13(2)3/h7-14,19-20H,6H2,1-5H3. The third kappa shape index (κ3) is 3.96. The molecule has 1 aromatic heterocycles. The summed E-state index contributed by atoms with van der Waals surface area (Å²) in [7, 11) is 0. The lowest BCUT2D eigenvalue weighted by molar-refractivity contribution is 0.428. The van der Waals surface area contributed by atoms with E-state index in [0.29, 0.717) is 17.9 Å². The summed E-state index contributed by atoms with van der Waals surface area (Å²) in [5, 5.41) is 3.60. The van der Waals surface area contributed by atoms with Crippen LogP contribution < -0.4 is 5.32 Å². The number of thiophene rings is 1. The van der Waals surface area contributed by atoms with Crippen LogP contribution in [-0.2, 0) is 0 Å². The van der Waals surface area contributed by atoms with Crippen molar-refractivity contribution >= 4 is 11.3 Å². The summed E-state index contributed by atoms with van der Waals surface area (Å²) in [6.07, 6.45) is 0. The molecule has 0 fully saturated rings. The van der Waals surface area contributed by atoms with Gasteiger partial charge in [0.2, 0.25) is 0 Å². The molecule has 1 unspecified atom stereocenters. The molecule has 0 aliphatic heterocycles. The quantitative estimate of drug-likeness (QED) is 0.706. The van der Waals surface area contributed by atoms with E-state index in [1.54, 1.807) is 0 Å². The normalized spacial score (nSPS) is 13.1. The number of nitrogens with one attached hydrogen (secondary N) is 1. The first kappa shape index (κ1) is 16.3. The van der Waals surface area contributed by atoms with Gasteiger partial charge in [0.15, 0.2) is 0 Å². The Labute approximate surface area is 133 Å². The second-order valence-corrected chi connectivity index (χ2v) is 7.37. The smallest absolute Gasteiger partial charge is 0.0438 e. The Morgan fingerprint density at radius 1 is 0.952 bits per heavy atom. The molecule has 2 aromatic rings. The molecule has 0 aliphatic carbocycles. The highest BCUT2D eigenvalue weighted by molar-refractivity contribution is 7.15. The van der Waals surface area contributed by atoms with Crippen LogP contribution in [0.25, 0.3) is 10.4 Å². The van der Waals surface area contributed by atoms with Crippen molar-refractivity contribution in [2.75, 3.05) is 6.54 Å². The molecule has 0 spiro atoms. The molecule has 2 heteroatoms. The average molecular weight is 301 g/mol. The van der Waals surface area contributed by atoms with Crippen molar-refractivity contribution in [1.82, 2.24) is 5.32 Å². The molecule has 1 N–H and O–H groups in total. The van der Waals surface area contributed by atoms with Gasteiger partial charge in [-0.25, -0.2) is 0 Å². The molecule has 1 heterocycles. The molecular weight excluding hydrogens is 274 g/mol. The molecule has 1 aromatic carbocycles. The Hall–Kier alpha value is -1.12. The van der Waals surface area contributed by atoms with E-state index in [0.717, 1.165) is 6.54 Å². The van der Waals surface area contributed by atoms with E-state index in [9.17, 15) is 0 Å². The fourth-order valence-corrected chi connectivity index (χ4v) is 3.85. The van der Waals surface area contributed by atoms with Crippen LogP contribution in [0.2, 0.25) is 0 Å². The zero-order valence-corrected chi connectivity index (χ0v) is 14.6. The molecule has 1 nitrogen and oxygen atoms in total. The molecule has 0 radical (unpaired) electrons. The largest absolute Gasteiger partial charge is 0.309 e. The zero-order chi connectivity index (χ0) is 15.4. The lowest BCUT2D eigenvalue weighted by Crippen LogP contribution is -2.24. The highest BCUT2D eigenvalue weighted by atomic mass is 32.1. The molecule has 0 saturated carbocycles. The second kappa shape index (κ2) is 7.24. The van der Waals surface area contributed by atoms with E-state index < -0.39 is 0 Å². The monoisotopic (exact) mass is 301 g/mol. The lowest BCUT2D eigenvalue weighted by Gasteiger charge is -2.20. The summed E-state index contributed by atoms with van der Waals surface area (Å²) in [5.74, 6) is 1.21. The van der Waals surface area contributed by atoms with Gasteiger partial charge < -0.3 is 5.32 Å². The Balaban J connectivity index is 2.22. The summed E-state index contributed by atoms with van der Waals surface area (Å²) < 4.78 is 0. The van der Waals surface area contributed by atoms with E-state index in [4.69, 9.17) is 0 Å². The van der Waals surface area contributed by atoms with Gasteiger partial charge in [-0.05, 0) is 41.6 Å². The van der Waals surface area contributed by atoms with Crippen LogP contribution in [0, 0.1) is 5.92 Å². The molecule has 21 heavy (non-hydrogen) atoms. The highest BCUT2D eigenvalue weighted by Gasteiger charge is 2.17. The van der Waals surface area contributed by atoms with E-state index >= 15 is 0 Å². The summed E-state index contributed by atoms with van der Waals surface area (Å²) in [6.45, 7) is 12.2.